The van der Waals surface area contributed by atoms with Crippen LogP contribution < -0.4 is 0 Å². The molecule has 0 saturated heterocycles. The molecule has 0 aromatic heterocycles. The summed E-state index contributed by atoms with van der Waals surface area (Å²) in [5.74, 6) is 0. The van der Waals surface area contributed by atoms with E-state index in [1.807, 2.05) is 0 Å². The lowest BCUT2D eigenvalue weighted by Gasteiger charge is -2.02. The molecule has 0 heterocycles. The molecule has 0 atom stereocenters. The van der Waals surface area contributed by atoms with E-state index in [0.717, 1.165) is 12.8 Å². The predicted octanol–water partition coefficient (Wildman–Crippen LogP) is 9.01. The largest absolute Gasteiger partial charge is 0.0885 e. The monoisotopic (exact) mass is 334 g/mol. The summed E-state index contributed by atoms with van der Waals surface area (Å²) in [6.45, 7) is 7.79. The molecule has 24 heavy (non-hydrogen) atoms. The van der Waals surface area contributed by atoms with Crippen LogP contribution in [0.25, 0.3) is 0 Å². The van der Waals surface area contributed by atoms with Crippen molar-refractivity contribution in [3.63, 3.8) is 0 Å². The van der Waals surface area contributed by atoms with E-state index >= 15 is 0 Å². The average Bonchev–Trinajstić information content (AvgIpc) is 2.60. The number of unbranched alkanes of at least 4 members (excludes halogenated alkanes) is 18. The molecule has 0 aliphatic carbocycles. The molecule has 0 aromatic rings. The highest BCUT2D eigenvalue weighted by Gasteiger charge is 1.93. The molecule has 142 valence electrons. The van der Waals surface area contributed by atoms with Crippen molar-refractivity contribution in [2.45, 2.75) is 128 Å². The van der Waals surface area contributed by atoms with Gasteiger partial charge in [0.15, 0.2) is 0 Å². The zero-order valence-corrected chi connectivity index (χ0v) is 16.7. The van der Waals surface area contributed by atoms with Crippen LogP contribution in [0.3, 0.4) is 0 Å². The van der Waals surface area contributed by atoms with Crippen LogP contribution in [0.2, 0.25) is 0 Å². The van der Waals surface area contributed by atoms with Crippen LogP contribution in [-0.4, -0.2) is 0 Å². The molecule has 0 bridgehead atoms. The molecule has 0 unspecified atom stereocenters. The first-order chi connectivity index (χ1) is 11.9. The molecule has 0 heteroatoms. The maximum Gasteiger partial charge on any atom is -0.0351 e. The minimum absolute atomic E-state index is 1.10. The molecule has 0 spiro atoms. The highest BCUT2D eigenvalue weighted by Crippen LogP contribution is 2.13. The first-order valence-electron chi connectivity index (χ1n) is 11.1. The smallest absolute Gasteiger partial charge is 0.0351 e. The molecule has 0 aliphatic heterocycles. The lowest BCUT2D eigenvalue weighted by Crippen LogP contribution is -1.82. The lowest BCUT2D eigenvalue weighted by molar-refractivity contribution is 0.542. The van der Waals surface area contributed by atoms with Crippen LogP contribution in [0.15, 0.2) is 12.2 Å². The minimum atomic E-state index is 1.10. The lowest BCUT2D eigenvalue weighted by atomic mass is 10.0. The van der Waals surface area contributed by atoms with Gasteiger partial charge in [0.05, 0.1) is 0 Å². The second kappa shape index (κ2) is 22.7. The number of rotatable bonds is 20. The maximum atomic E-state index is 3.90. The van der Waals surface area contributed by atoms with Gasteiger partial charge in [0, 0.05) is 0 Å². The van der Waals surface area contributed by atoms with Crippen molar-refractivity contribution in [2.24, 2.45) is 0 Å². The summed E-state index contributed by atoms with van der Waals surface area (Å²) in [6, 6.07) is 0. The Hall–Kier alpha value is -0.260. The normalized spacial score (nSPS) is 11.6. The highest BCUT2D eigenvalue weighted by molar-refractivity contribution is 4.81. The fraction of sp³-hybridized carbons (Fsp3) is 0.833. The fourth-order valence-electron chi connectivity index (χ4n) is 3.23. The van der Waals surface area contributed by atoms with Gasteiger partial charge in [-0.3, -0.25) is 0 Å². The van der Waals surface area contributed by atoms with Crippen molar-refractivity contribution in [2.75, 3.05) is 0 Å². The van der Waals surface area contributed by atoms with Gasteiger partial charge in [0.1, 0.15) is 0 Å². The van der Waals surface area contributed by atoms with Crippen LogP contribution in [0.5, 0.6) is 0 Å². The average molecular weight is 335 g/mol. The van der Waals surface area contributed by atoms with E-state index in [9.17, 15) is 0 Å². The number of allylic oxidation sites excluding steroid dienone is 2. The molecule has 2 radical (unpaired) electrons. The Kier molecular flexibility index (Phi) is 22.5. The molecule has 0 amide bonds. The molecule has 0 aliphatic rings. The van der Waals surface area contributed by atoms with Crippen molar-refractivity contribution in [3.8, 4) is 0 Å². The van der Waals surface area contributed by atoms with Crippen molar-refractivity contribution >= 4 is 0 Å². The van der Waals surface area contributed by atoms with Gasteiger partial charge in [-0.05, 0) is 25.7 Å². The Morgan fingerprint density at radius 3 is 0.875 bits per heavy atom. The van der Waals surface area contributed by atoms with Crippen LogP contribution in [0.4, 0.5) is 0 Å². The van der Waals surface area contributed by atoms with Crippen LogP contribution in [-0.2, 0) is 0 Å². The van der Waals surface area contributed by atoms with Crippen molar-refractivity contribution in [1.82, 2.24) is 0 Å². The van der Waals surface area contributed by atoms with Crippen molar-refractivity contribution in [1.29, 1.82) is 0 Å². The van der Waals surface area contributed by atoms with Crippen molar-refractivity contribution < 1.29 is 0 Å². The van der Waals surface area contributed by atoms with Gasteiger partial charge in [-0.15, -0.1) is 0 Å². The molecule has 0 rings (SSSR count). The van der Waals surface area contributed by atoms with E-state index < -0.39 is 0 Å². The summed E-state index contributed by atoms with van der Waals surface area (Å²) in [7, 11) is 0. The number of hydrogen-bond donors (Lipinski definition) is 0. The summed E-state index contributed by atoms with van der Waals surface area (Å²) >= 11 is 0. The molecule has 0 nitrogen and oxygen atoms in total. The van der Waals surface area contributed by atoms with E-state index in [1.165, 1.54) is 116 Å². The van der Waals surface area contributed by atoms with Gasteiger partial charge in [-0.25, -0.2) is 0 Å². The van der Waals surface area contributed by atoms with Gasteiger partial charge in [-0.2, -0.15) is 0 Å². The fourth-order valence-corrected chi connectivity index (χ4v) is 3.23. The number of hydrogen-bond acceptors (Lipinski definition) is 0. The van der Waals surface area contributed by atoms with Crippen LogP contribution in [0.1, 0.15) is 128 Å². The summed E-state index contributed by atoms with van der Waals surface area (Å²) < 4.78 is 0. The Morgan fingerprint density at radius 1 is 0.333 bits per heavy atom. The van der Waals surface area contributed by atoms with E-state index in [4.69, 9.17) is 0 Å². The minimum Gasteiger partial charge on any atom is -0.0885 e. The summed E-state index contributed by atoms with van der Waals surface area (Å²) in [5.41, 5.74) is 0. The van der Waals surface area contributed by atoms with E-state index in [1.54, 1.807) is 0 Å². The third kappa shape index (κ3) is 21.7. The second-order valence-corrected chi connectivity index (χ2v) is 7.41. The van der Waals surface area contributed by atoms with E-state index in [-0.39, 0.29) is 0 Å². The van der Waals surface area contributed by atoms with Gasteiger partial charge in [0.25, 0.3) is 0 Å². The van der Waals surface area contributed by atoms with E-state index in [0.29, 0.717) is 0 Å². The van der Waals surface area contributed by atoms with Crippen molar-refractivity contribution in [3.05, 3.63) is 26.0 Å². The van der Waals surface area contributed by atoms with Gasteiger partial charge in [-0.1, -0.05) is 129 Å². The van der Waals surface area contributed by atoms with E-state index in [2.05, 4.69) is 26.0 Å². The third-order valence-electron chi connectivity index (χ3n) is 4.91. The summed E-state index contributed by atoms with van der Waals surface area (Å²) in [5, 5.41) is 0. The topological polar surface area (TPSA) is 0 Å². The Labute approximate surface area is 154 Å². The van der Waals surface area contributed by atoms with Crippen LogP contribution >= 0.6 is 0 Å². The predicted molar refractivity (Wildman–Crippen MR) is 112 cm³/mol. The Bertz CT molecular complexity index is 228. The molecular weight excluding hydrogens is 288 g/mol. The zero-order chi connectivity index (χ0) is 17.6. The zero-order valence-electron chi connectivity index (χ0n) is 16.7. The maximum absolute atomic E-state index is 3.90. The summed E-state index contributed by atoms with van der Waals surface area (Å²) in [6.07, 6.45) is 32.2. The van der Waals surface area contributed by atoms with Gasteiger partial charge >= 0.3 is 0 Å². The molecule has 0 fully saturated rings. The SMILES string of the molecule is [CH2]CCCCCC/C=C/CCCCCCCCCCCCCC[CH2]. The molecule has 0 aromatic carbocycles. The quantitative estimate of drug-likeness (QED) is 0.154. The van der Waals surface area contributed by atoms with Gasteiger partial charge < -0.3 is 0 Å². The van der Waals surface area contributed by atoms with Crippen LogP contribution in [0, 0.1) is 13.8 Å². The highest BCUT2D eigenvalue weighted by atomic mass is 14.0. The first-order valence-corrected chi connectivity index (χ1v) is 11.1. The summed E-state index contributed by atoms with van der Waals surface area (Å²) in [4.78, 5) is 0. The Morgan fingerprint density at radius 2 is 0.583 bits per heavy atom. The second-order valence-electron chi connectivity index (χ2n) is 7.41. The third-order valence-corrected chi connectivity index (χ3v) is 4.91. The first kappa shape index (κ1) is 23.7. The molecular formula is C24H46. The molecule has 0 N–H and O–H groups in total. The Balaban J connectivity index is 3.02. The molecule has 0 saturated carbocycles. The standard InChI is InChI=1S/C24H46/c1-3-5-7-9-11-13-15-17-19-21-23-24-22-20-18-16-14-12-10-8-6-4-2/h15,17H,1-14,16,18-24H2/b17-15+. The van der Waals surface area contributed by atoms with Gasteiger partial charge in [0.2, 0.25) is 0 Å².